The molecule has 0 spiro atoms. The Morgan fingerprint density at radius 2 is 2.00 bits per heavy atom. The molecule has 2 N–H and O–H groups in total. The SMILES string of the molecule is CCCCC(CC)COc1ncnc(N)c1C(C)C. The van der Waals surface area contributed by atoms with E-state index >= 15 is 0 Å². The van der Waals surface area contributed by atoms with E-state index in [0.29, 0.717) is 24.2 Å². The minimum Gasteiger partial charge on any atom is -0.477 e. The highest BCUT2D eigenvalue weighted by Crippen LogP contribution is 2.28. The smallest absolute Gasteiger partial charge is 0.222 e. The molecule has 4 heteroatoms. The van der Waals surface area contributed by atoms with Gasteiger partial charge in [0.15, 0.2) is 0 Å². The molecule has 1 aromatic rings. The van der Waals surface area contributed by atoms with Gasteiger partial charge in [-0.3, -0.25) is 0 Å². The van der Waals surface area contributed by atoms with E-state index < -0.39 is 0 Å². The van der Waals surface area contributed by atoms with Crippen molar-refractivity contribution in [2.75, 3.05) is 12.3 Å². The molecule has 0 saturated heterocycles. The first-order valence-electron chi connectivity index (χ1n) is 7.33. The van der Waals surface area contributed by atoms with Gasteiger partial charge in [0, 0.05) is 0 Å². The standard InChI is InChI=1S/C15H27N3O/c1-5-7-8-12(6-2)9-19-15-13(11(3)4)14(16)17-10-18-15/h10-12H,5-9H2,1-4H3,(H2,16,17,18). The van der Waals surface area contributed by atoms with Crippen LogP contribution in [-0.4, -0.2) is 16.6 Å². The number of nitrogens with zero attached hydrogens (tertiary/aromatic N) is 2. The van der Waals surface area contributed by atoms with E-state index in [0.717, 1.165) is 12.0 Å². The molecular formula is C15H27N3O. The summed E-state index contributed by atoms with van der Waals surface area (Å²) in [5.74, 6) is 2.04. The molecule has 1 unspecified atom stereocenters. The number of nitrogens with two attached hydrogens (primary N) is 1. The van der Waals surface area contributed by atoms with Crippen LogP contribution in [0.1, 0.15) is 64.9 Å². The van der Waals surface area contributed by atoms with Gasteiger partial charge < -0.3 is 10.5 Å². The zero-order chi connectivity index (χ0) is 14.3. The molecule has 1 heterocycles. The van der Waals surface area contributed by atoms with Crippen molar-refractivity contribution >= 4 is 5.82 Å². The molecule has 1 aromatic heterocycles. The van der Waals surface area contributed by atoms with Gasteiger partial charge in [0.1, 0.15) is 12.1 Å². The Hall–Kier alpha value is -1.32. The molecule has 4 nitrogen and oxygen atoms in total. The average molecular weight is 265 g/mol. The van der Waals surface area contributed by atoms with Gasteiger partial charge in [-0.05, 0) is 18.3 Å². The van der Waals surface area contributed by atoms with E-state index in [1.165, 1.54) is 25.6 Å². The summed E-state index contributed by atoms with van der Waals surface area (Å²) in [5, 5.41) is 0. The lowest BCUT2D eigenvalue weighted by Gasteiger charge is -2.18. The molecule has 1 atom stereocenters. The van der Waals surface area contributed by atoms with E-state index in [4.69, 9.17) is 10.5 Å². The molecule has 108 valence electrons. The molecule has 0 aliphatic heterocycles. The van der Waals surface area contributed by atoms with Gasteiger partial charge in [0.25, 0.3) is 0 Å². The first-order valence-corrected chi connectivity index (χ1v) is 7.33. The summed E-state index contributed by atoms with van der Waals surface area (Å²) >= 11 is 0. The highest BCUT2D eigenvalue weighted by Gasteiger charge is 2.15. The number of aromatic nitrogens is 2. The summed E-state index contributed by atoms with van der Waals surface area (Å²) in [6.45, 7) is 9.30. The highest BCUT2D eigenvalue weighted by atomic mass is 16.5. The van der Waals surface area contributed by atoms with Crippen LogP contribution < -0.4 is 10.5 Å². The van der Waals surface area contributed by atoms with Crippen LogP contribution in [0.2, 0.25) is 0 Å². The van der Waals surface area contributed by atoms with Crippen LogP contribution in [0.5, 0.6) is 5.88 Å². The second kappa shape index (κ2) is 7.97. The second-order valence-corrected chi connectivity index (χ2v) is 5.36. The zero-order valence-electron chi connectivity index (χ0n) is 12.6. The average Bonchev–Trinajstić information content (AvgIpc) is 2.38. The second-order valence-electron chi connectivity index (χ2n) is 5.36. The number of hydrogen-bond donors (Lipinski definition) is 1. The Kier molecular flexibility index (Phi) is 6.60. The van der Waals surface area contributed by atoms with Gasteiger partial charge in [-0.2, -0.15) is 0 Å². The molecule has 0 saturated carbocycles. The maximum Gasteiger partial charge on any atom is 0.222 e. The molecule has 19 heavy (non-hydrogen) atoms. The number of ether oxygens (including phenoxy) is 1. The first-order chi connectivity index (χ1) is 9.10. The lowest BCUT2D eigenvalue weighted by molar-refractivity contribution is 0.223. The topological polar surface area (TPSA) is 61.0 Å². The largest absolute Gasteiger partial charge is 0.477 e. The van der Waals surface area contributed by atoms with E-state index in [-0.39, 0.29) is 5.92 Å². The summed E-state index contributed by atoms with van der Waals surface area (Å²) in [5.41, 5.74) is 6.83. The van der Waals surface area contributed by atoms with Gasteiger partial charge in [0.2, 0.25) is 5.88 Å². The van der Waals surface area contributed by atoms with Gasteiger partial charge in [-0.15, -0.1) is 0 Å². The predicted octanol–water partition coefficient (Wildman–Crippen LogP) is 3.78. The fourth-order valence-electron chi connectivity index (χ4n) is 2.14. The lowest BCUT2D eigenvalue weighted by atomic mass is 10.0. The summed E-state index contributed by atoms with van der Waals surface area (Å²) in [7, 11) is 0. The summed E-state index contributed by atoms with van der Waals surface area (Å²) in [4.78, 5) is 8.28. The molecule has 0 bridgehead atoms. The molecular weight excluding hydrogens is 238 g/mol. The van der Waals surface area contributed by atoms with Gasteiger partial charge in [-0.1, -0.05) is 47.0 Å². The van der Waals surface area contributed by atoms with E-state index in [1.54, 1.807) is 0 Å². The van der Waals surface area contributed by atoms with Crippen LogP contribution in [0.3, 0.4) is 0 Å². The normalized spacial score (nSPS) is 12.7. The molecule has 0 fully saturated rings. The molecule has 0 radical (unpaired) electrons. The number of unbranched alkanes of at least 4 members (excludes halogenated alkanes) is 1. The summed E-state index contributed by atoms with van der Waals surface area (Å²) in [6.07, 6.45) is 6.31. The van der Waals surface area contributed by atoms with Crippen molar-refractivity contribution in [1.82, 2.24) is 9.97 Å². The van der Waals surface area contributed by atoms with Crippen molar-refractivity contribution in [3.63, 3.8) is 0 Å². The maximum absolute atomic E-state index is 5.91. The van der Waals surface area contributed by atoms with Gasteiger partial charge >= 0.3 is 0 Å². The zero-order valence-corrected chi connectivity index (χ0v) is 12.6. The van der Waals surface area contributed by atoms with Crippen LogP contribution in [0.25, 0.3) is 0 Å². The fourth-order valence-corrected chi connectivity index (χ4v) is 2.14. The highest BCUT2D eigenvalue weighted by molar-refractivity contribution is 5.46. The minimum atomic E-state index is 0.270. The van der Waals surface area contributed by atoms with E-state index in [1.807, 2.05) is 0 Å². The van der Waals surface area contributed by atoms with Crippen molar-refractivity contribution < 1.29 is 4.74 Å². The minimum absolute atomic E-state index is 0.270. The van der Waals surface area contributed by atoms with Crippen molar-refractivity contribution in [2.45, 2.75) is 59.3 Å². The number of anilines is 1. The molecule has 1 rings (SSSR count). The Labute approximate surface area is 116 Å². The lowest BCUT2D eigenvalue weighted by Crippen LogP contribution is -2.14. The van der Waals surface area contributed by atoms with Crippen molar-refractivity contribution in [1.29, 1.82) is 0 Å². The molecule has 0 aromatic carbocycles. The van der Waals surface area contributed by atoms with Crippen LogP contribution in [0, 0.1) is 5.92 Å². The van der Waals surface area contributed by atoms with E-state index in [2.05, 4.69) is 37.7 Å². The monoisotopic (exact) mass is 265 g/mol. The van der Waals surface area contributed by atoms with Crippen molar-refractivity contribution in [3.05, 3.63) is 11.9 Å². The van der Waals surface area contributed by atoms with Crippen LogP contribution in [-0.2, 0) is 0 Å². The van der Waals surface area contributed by atoms with Crippen LogP contribution >= 0.6 is 0 Å². The Balaban J connectivity index is 2.68. The quantitative estimate of drug-likeness (QED) is 0.777. The number of nitrogen functional groups attached to an aromatic ring is 1. The van der Waals surface area contributed by atoms with Crippen molar-refractivity contribution in [2.24, 2.45) is 5.92 Å². The van der Waals surface area contributed by atoms with Gasteiger partial charge in [-0.25, -0.2) is 9.97 Å². The van der Waals surface area contributed by atoms with Crippen molar-refractivity contribution in [3.8, 4) is 5.88 Å². The Bertz CT molecular complexity index is 380. The predicted molar refractivity (Wildman–Crippen MR) is 79.3 cm³/mol. The molecule has 0 amide bonds. The number of hydrogen-bond acceptors (Lipinski definition) is 4. The third kappa shape index (κ3) is 4.69. The first kappa shape index (κ1) is 15.7. The fraction of sp³-hybridized carbons (Fsp3) is 0.733. The van der Waals surface area contributed by atoms with Crippen LogP contribution in [0.4, 0.5) is 5.82 Å². The third-order valence-corrected chi connectivity index (χ3v) is 3.45. The van der Waals surface area contributed by atoms with E-state index in [9.17, 15) is 0 Å². The number of rotatable bonds is 8. The molecule has 0 aliphatic rings. The maximum atomic E-state index is 5.91. The summed E-state index contributed by atoms with van der Waals surface area (Å²) < 4.78 is 5.90. The van der Waals surface area contributed by atoms with Crippen LogP contribution in [0.15, 0.2) is 6.33 Å². The molecule has 0 aliphatic carbocycles. The Morgan fingerprint density at radius 1 is 1.26 bits per heavy atom. The third-order valence-electron chi connectivity index (χ3n) is 3.45. The van der Waals surface area contributed by atoms with Gasteiger partial charge in [0.05, 0.1) is 12.2 Å². The Morgan fingerprint density at radius 3 is 2.58 bits per heavy atom. The summed E-state index contributed by atoms with van der Waals surface area (Å²) in [6, 6.07) is 0.